The van der Waals surface area contributed by atoms with Gasteiger partial charge in [-0.25, -0.2) is 4.79 Å². The Hall–Kier alpha value is -3.66. The first-order valence-corrected chi connectivity index (χ1v) is 8.86. The molecule has 1 saturated heterocycles. The Morgan fingerprint density at radius 2 is 2.11 bits per heavy atom. The summed E-state index contributed by atoms with van der Waals surface area (Å²) in [6, 6.07) is 13.0. The number of benzene rings is 2. The number of rotatable bonds is 4. The predicted octanol–water partition coefficient (Wildman–Crippen LogP) is 2.14. The summed E-state index contributed by atoms with van der Waals surface area (Å²) in [5.41, 5.74) is 0.937. The minimum absolute atomic E-state index is 0.326. The van der Waals surface area contributed by atoms with E-state index < -0.39 is 17.5 Å². The first-order valence-electron chi connectivity index (χ1n) is 8.86. The van der Waals surface area contributed by atoms with Crippen LogP contribution in [-0.4, -0.2) is 35.8 Å². The van der Waals surface area contributed by atoms with E-state index in [9.17, 15) is 14.4 Å². The van der Waals surface area contributed by atoms with Crippen LogP contribution in [0, 0.1) is 11.3 Å². The highest BCUT2D eigenvalue weighted by Crippen LogP contribution is 2.30. The SMILES string of the molecule is CC1(c2cccc(C#N)c2)NC(=O)N(CC(=O)c2ccc3c(c2)CCO3)C1=O. The molecule has 1 atom stereocenters. The van der Waals surface area contributed by atoms with E-state index in [-0.39, 0.29) is 12.3 Å². The highest BCUT2D eigenvalue weighted by Gasteiger charge is 2.49. The fourth-order valence-electron chi connectivity index (χ4n) is 3.53. The van der Waals surface area contributed by atoms with Crippen molar-refractivity contribution in [3.63, 3.8) is 0 Å². The maximum absolute atomic E-state index is 13.0. The predicted molar refractivity (Wildman–Crippen MR) is 98.7 cm³/mol. The van der Waals surface area contributed by atoms with Gasteiger partial charge in [0.05, 0.1) is 24.8 Å². The summed E-state index contributed by atoms with van der Waals surface area (Å²) in [6.07, 6.45) is 0.729. The molecule has 0 radical (unpaired) electrons. The van der Waals surface area contributed by atoms with Crippen LogP contribution < -0.4 is 10.1 Å². The van der Waals surface area contributed by atoms with E-state index >= 15 is 0 Å². The number of hydrogen-bond acceptors (Lipinski definition) is 5. The number of nitrogens with one attached hydrogen (secondary N) is 1. The molecule has 2 heterocycles. The largest absolute Gasteiger partial charge is 0.493 e. The third-order valence-corrected chi connectivity index (χ3v) is 5.16. The summed E-state index contributed by atoms with van der Waals surface area (Å²) < 4.78 is 5.43. The fourth-order valence-corrected chi connectivity index (χ4v) is 3.53. The maximum atomic E-state index is 13.0. The number of fused-ring (bicyclic) bond motifs is 1. The van der Waals surface area contributed by atoms with E-state index in [0.717, 1.165) is 22.6 Å². The molecule has 2 aliphatic heterocycles. The summed E-state index contributed by atoms with van der Waals surface area (Å²) >= 11 is 0. The second-order valence-corrected chi connectivity index (χ2v) is 6.98. The van der Waals surface area contributed by atoms with Gasteiger partial charge in [0, 0.05) is 12.0 Å². The molecule has 4 rings (SSSR count). The number of amides is 3. The molecule has 0 bridgehead atoms. The third-order valence-electron chi connectivity index (χ3n) is 5.16. The van der Waals surface area contributed by atoms with Crippen LogP contribution in [-0.2, 0) is 16.8 Å². The van der Waals surface area contributed by atoms with E-state index in [1.165, 1.54) is 0 Å². The minimum Gasteiger partial charge on any atom is -0.493 e. The number of ether oxygens (including phenoxy) is 1. The lowest BCUT2D eigenvalue weighted by Crippen LogP contribution is -2.41. The molecule has 3 amide bonds. The molecule has 1 unspecified atom stereocenters. The van der Waals surface area contributed by atoms with Gasteiger partial charge in [0.25, 0.3) is 5.91 Å². The Labute approximate surface area is 161 Å². The number of carbonyl (C=O) groups excluding carboxylic acids is 3. The van der Waals surface area contributed by atoms with Gasteiger partial charge in [-0.15, -0.1) is 0 Å². The highest BCUT2D eigenvalue weighted by molar-refractivity contribution is 6.11. The van der Waals surface area contributed by atoms with Crippen molar-refractivity contribution in [3.8, 4) is 11.8 Å². The number of imide groups is 1. The molecule has 2 aromatic rings. The van der Waals surface area contributed by atoms with Crippen LogP contribution >= 0.6 is 0 Å². The Morgan fingerprint density at radius 3 is 2.89 bits per heavy atom. The van der Waals surface area contributed by atoms with Crippen LogP contribution in [0.4, 0.5) is 4.79 Å². The normalized spacial score (nSPS) is 20.4. The zero-order chi connectivity index (χ0) is 19.9. The first kappa shape index (κ1) is 17.7. The number of ketones is 1. The van der Waals surface area contributed by atoms with Crippen LogP contribution in [0.15, 0.2) is 42.5 Å². The summed E-state index contributed by atoms with van der Waals surface area (Å²) in [5, 5.41) is 11.7. The van der Waals surface area contributed by atoms with Crippen LogP contribution in [0.25, 0.3) is 0 Å². The van der Waals surface area contributed by atoms with Gasteiger partial charge < -0.3 is 10.1 Å². The number of urea groups is 1. The number of hydrogen-bond donors (Lipinski definition) is 1. The van der Waals surface area contributed by atoms with Gasteiger partial charge >= 0.3 is 6.03 Å². The van der Waals surface area contributed by atoms with E-state index in [4.69, 9.17) is 10.00 Å². The maximum Gasteiger partial charge on any atom is 0.325 e. The molecular weight excluding hydrogens is 358 g/mol. The summed E-state index contributed by atoms with van der Waals surface area (Å²) in [4.78, 5) is 39.0. The molecule has 28 heavy (non-hydrogen) atoms. The molecular formula is C21H17N3O4. The zero-order valence-electron chi connectivity index (χ0n) is 15.2. The van der Waals surface area contributed by atoms with Crippen LogP contribution in [0.3, 0.4) is 0 Å². The molecule has 0 aliphatic carbocycles. The molecule has 7 nitrogen and oxygen atoms in total. The Morgan fingerprint density at radius 1 is 1.29 bits per heavy atom. The van der Waals surface area contributed by atoms with Crippen molar-refractivity contribution in [2.45, 2.75) is 18.9 Å². The van der Waals surface area contributed by atoms with Gasteiger partial charge in [0.2, 0.25) is 0 Å². The van der Waals surface area contributed by atoms with Gasteiger partial charge in [0.1, 0.15) is 11.3 Å². The Kier molecular flexibility index (Phi) is 4.12. The van der Waals surface area contributed by atoms with Gasteiger partial charge in [-0.3, -0.25) is 14.5 Å². The van der Waals surface area contributed by atoms with E-state index in [2.05, 4.69) is 5.32 Å². The molecule has 2 aliphatic rings. The number of nitriles is 1. The van der Waals surface area contributed by atoms with Crippen molar-refractivity contribution < 1.29 is 19.1 Å². The van der Waals surface area contributed by atoms with Gasteiger partial charge in [-0.1, -0.05) is 12.1 Å². The van der Waals surface area contributed by atoms with E-state index in [1.54, 1.807) is 49.4 Å². The van der Waals surface area contributed by atoms with Gasteiger partial charge in [-0.2, -0.15) is 5.26 Å². The molecule has 1 fully saturated rings. The lowest BCUT2D eigenvalue weighted by Gasteiger charge is -2.22. The van der Waals surface area contributed by atoms with E-state index in [1.807, 2.05) is 6.07 Å². The van der Waals surface area contributed by atoms with Crippen LogP contribution in [0.5, 0.6) is 5.75 Å². The molecule has 2 aromatic carbocycles. The molecule has 7 heteroatoms. The molecule has 0 spiro atoms. The molecule has 0 aromatic heterocycles. The Balaban J connectivity index is 1.57. The Bertz CT molecular complexity index is 1060. The third kappa shape index (κ3) is 2.79. The van der Waals surface area contributed by atoms with Gasteiger partial charge in [-0.05, 0) is 48.4 Å². The van der Waals surface area contributed by atoms with Crippen LogP contribution in [0.1, 0.15) is 34.0 Å². The quantitative estimate of drug-likeness (QED) is 0.652. The lowest BCUT2D eigenvalue weighted by molar-refractivity contribution is -0.130. The average Bonchev–Trinajstić information content (AvgIpc) is 3.26. The van der Waals surface area contributed by atoms with E-state index in [0.29, 0.717) is 23.3 Å². The second kappa shape index (κ2) is 6.50. The zero-order valence-corrected chi connectivity index (χ0v) is 15.2. The van der Waals surface area contributed by atoms with Crippen molar-refractivity contribution >= 4 is 17.7 Å². The van der Waals surface area contributed by atoms with Crippen molar-refractivity contribution in [3.05, 3.63) is 64.7 Å². The van der Waals surface area contributed by atoms with Crippen molar-refractivity contribution in [1.29, 1.82) is 5.26 Å². The average molecular weight is 375 g/mol. The number of nitrogens with zero attached hydrogens (tertiary/aromatic N) is 2. The van der Waals surface area contributed by atoms with Crippen molar-refractivity contribution in [2.75, 3.05) is 13.2 Å². The van der Waals surface area contributed by atoms with Crippen molar-refractivity contribution in [2.24, 2.45) is 0 Å². The minimum atomic E-state index is -1.32. The summed E-state index contributed by atoms with van der Waals surface area (Å²) in [7, 11) is 0. The molecule has 1 N–H and O–H groups in total. The summed E-state index contributed by atoms with van der Waals surface area (Å²) in [6.45, 7) is 1.80. The summed E-state index contributed by atoms with van der Waals surface area (Å²) in [5.74, 6) is -0.0878. The fraction of sp³-hybridized carbons (Fsp3) is 0.238. The lowest BCUT2D eigenvalue weighted by atomic mass is 9.91. The number of carbonyl (C=O) groups is 3. The van der Waals surface area contributed by atoms with Crippen LogP contribution in [0.2, 0.25) is 0 Å². The molecule has 0 saturated carbocycles. The van der Waals surface area contributed by atoms with Crippen molar-refractivity contribution in [1.82, 2.24) is 10.2 Å². The number of Topliss-reactive ketones (excluding diaryl/α,β-unsaturated/α-hetero) is 1. The van der Waals surface area contributed by atoms with Gasteiger partial charge in [0.15, 0.2) is 5.78 Å². The smallest absolute Gasteiger partial charge is 0.325 e. The standard InChI is InChI=1S/C21H17N3O4/c1-21(16-4-2-3-13(9-16)11-22)19(26)24(20(27)23-21)12-17(25)14-5-6-18-15(10-14)7-8-28-18/h2-6,9-10H,7-8,12H2,1H3,(H,23,27). The molecule has 140 valence electrons. The monoisotopic (exact) mass is 375 g/mol. The first-order chi connectivity index (χ1) is 13.4. The topological polar surface area (TPSA) is 99.5 Å². The highest BCUT2D eigenvalue weighted by atomic mass is 16.5. The second-order valence-electron chi connectivity index (χ2n) is 6.98.